The van der Waals surface area contributed by atoms with Crippen molar-refractivity contribution in [3.63, 3.8) is 0 Å². The summed E-state index contributed by atoms with van der Waals surface area (Å²) in [5.41, 5.74) is 0. The summed E-state index contributed by atoms with van der Waals surface area (Å²) in [5, 5.41) is 0. The molecule has 0 amide bonds. The fraction of sp³-hybridized carbons (Fsp3) is 0.600. The molecule has 0 aromatic heterocycles. The Balaban J connectivity index is 0. The monoisotopic (exact) mass is 90.1 g/mol. The van der Waals surface area contributed by atoms with Gasteiger partial charge in [0.05, 0.1) is 6.67 Å². The van der Waals surface area contributed by atoms with Gasteiger partial charge in [0.2, 0.25) is 0 Å². The summed E-state index contributed by atoms with van der Waals surface area (Å²) in [4.78, 5) is 0. The number of rotatable bonds is 0. The molecule has 0 aromatic rings. The minimum atomic E-state index is -0.250. The highest BCUT2D eigenvalue weighted by molar-refractivity contribution is 4.51. The first kappa shape index (κ1) is 9.18. The van der Waals surface area contributed by atoms with Crippen LogP contribution in [0.25, 0.3) is 0 Å². The summed E-state index contributed by atoms with van der Waals surface area (Å²) < 4.78 is 10.3. The van der Waals surface area contributed by atoms with Crippen LogP contribution in [0.3, 0.4) is 0 Å². The van der Waals surface area contributed by atoms with Crippen LogP contribution in [0.4, 0.5) is 4.39 Å². The highest BCUT2D eigenvalue weighted by Crippen LogP contribution is 1.48. The molecule has 0 aliphatic carbocycles. The molecule has 0 unspecified atom stereocenters. The van der Waals surface area contributed by atoms with Crippen LogP contribution in [0.1, 0.15) is 13.8 Å². The topological polar surface area (TPSA) is 0 Å². The van der Waals surface area contributed by atoms with Crippen molar-refractivity contribution < 1.29 is 4.39 Å². The van der Waals surface area contributed by atoms with Crippen LogP contribution in [0.15, 0.2) is 12.7 Å². The van der Waals surface area contributed by atoms with E-state index in [0.29, 0.717) is 0 Å². The fourth-order valence-corrected chi connectivity index (χ4v) is 0. The van der Waals surface area contributed by atoms with E-state index in [4.69, 9.17) is 0 Å². The van der Waals surface area contributed by atoms with Crippen molar-refractivity contribution >= 4 is 0 Å². The second-order valence-corrected chi connectivity index (χ2v) is 0.676. The van der Waals surface area contributed by atoms with Crippen LogP contribution in [0.2, 0.25) is 0 Å². The van der Waals surface area contributed by atoms with Gasteiger partial charge < -0.3 is 0 Å². The van der Waals surface area contributed by atoms with Crippen LogP contribution < -0.4 is 0 Å². The summed E-state index contributed by atoms with van der Waals surface area (Å²) in [6.07, 6.45) is 1.75. The third-order valence-electron chi connectivity index (χ3n) is 0. The first-order valence-electron chi connectivity index (χ1n) is 1.96. The molecule has 0 aliphatic heterocycles. The second-order valence-electron chi connectivity index (χ2n) is 0.676. The largest absolute Gasteiger partial charge is 0.251 e. The first-order valence-corrected chi connectivity index (χ1v) is 1.96. The molecule has 0 fully saturated rings. The van der Waals surface area contributed by atoms with E-state index >= 15 is 0 Å². The predicted octanol–water partition coefficient (Wildman–Crippen LogP) is 2.17. The molecular formula is C5H11F. The summed E-state index contributed by atoms with van der Waals surface area (Å²) in [6.45, 7) is 6.46. The minimum Gasteiger partial charge on any atom is -0.251 e. The van der Waals surface area contributed by atoms with Gasteiger partial charge in [0.25, 0.3) is 0 Å². The number of allylic oxidation sites excluding steroid dienone is 1. The smallest absolute Gasteiger partial charge is 0.0866 e. The predicted molar refractivity (Wildman–Crippen MR) is 27.5 cm³/mol. The fourth-order valence-electron chi connectivity index (χ4n) is 0. The number of halogens is 1. The summed E-state index contributed by atoms with van der Waals surface area (Å²) >= 11 is 0. The normalized spacial score (nSPS) is 5.17. The van der Waals surface area contributed by atoms with E-state index in [1.165, 1.54) is 6.92 Å². The lowest BCUT2D eigenvalue weighted by atomic mass is 10.8. The maximum Gasteiger partial charge on any atom is 0.0866 e. The Morgan fingerprint density at radius 2 is 1.83 bits per heavy atom. The Morgan fingerprint density at radius 1 is 1.83 bits per heavy atom. The van der Waals surface area contributed by atoms with E-state index in [-0.39, 0.29) is 6.67 Å². The van der Waals surface area contributed by atoms with Crippen molar-refractivity contribution in [1.29, 1.82) is 0 Å². The first-order chi connectivity index (χ1) is 2.83. The van der Waals surface area contributed by atoms with Crippen molar-refractivity contribution in [1.82, 2.24) is 0 Å². The quantitative estimate of drug-likeness (QED) is 0.400. The molecule has 0 nitrogen and oxygen atoms in total. The van der Waals surface area contributed by atoms with Crippen LogP contribution in [0, 0.1) is 0 Å². The van der Waals surface area contributed by atoms with Gasteiger partial charge in [-0.1, -0.05) is 6.08 Å². The van der Waals surface area contributed by atoms with Crippen molar-refractivity contribution in [3.8, 4) is 0 Å². The van der Waals surface area contributed by atoms with E-state index in [1.54, 1.807) is 6.08 Å². The maximum absolute atomic E-state index is 10.3. The summed E-state index contributed by atoms with van der Waals surface area (Å²) in [5.74, 6) is 0. The van der Waals surface area contributed by atoms with Gasteiger partial charge in [-0.3, -0.25) is 4.39 Å². The molecule has 0 atom stereocenters. The average molecular weight is 90.1 g/mol. The van der Waals surface area contributed by atoms with Gasteiger partial charge in [0.1, 0.15) is 0 Å². The zero-order chi connectivity index (χ0) is 5.41. The van der Waals surface area contributed by atoms with Crippen LogP contribution in [-0.2, 0) is 0 Å². The number of hydrogen-bond donors (Lipinski definition) is 0. The van der Waals surface area contributed by atoms with Crippen LogP contribution in [0.5, 0.6) is 0 Å². The molecule has 0 bridgehead atoms. The molecule has 0 aliphatic rings. The zero-order valence-electron chi connectivity index (χ0n) is 4.37. The lowest BCUT2D eigenvalue weighted by molar-refractivity contribution is 0.527. The van der Waals surface area contributed by atoms with E-state index in [9.17, 15) is 4.39 Å². The van der Waals surface area contributed by atoms with Gasteiger partial charge in [-0.15, -0.1) is 6.58 Å². The Bertz CT molecular complexity index is 17.9. The van der Waals surface area contributed by atoms with E-state index < -0.39 is 0 Å². The summed E-state index contributed by atoms with van der Waals surface area (Å²) in [6, 6.07) is 0. The lowest BCUT2D eigenvalue weighted by Crippen LogP contribution is -1.40. The molecule has 0 spiro atoms. The Labute approximate surface area is 38.7 Å². The van der Waals surface area contributed by atoms with Crippen LogP contribution >= 0.6 is 0 Å². The molecule has 0 saturated carbocycles. The van der Waals surface area contributed by atoms with Gasteiger partial charge >= 0.3 is 0 Å². The third kappa shape index (κ3) is 240. The molecular weight excluding hydrogens is 79.1 g/mol. The van der Waals surface area contributed by atoms with Crippen LogP contribution in [-0.4, -0.2) is 6.67 Å². The van der Waals surface area contributed by atoms with E-state index in [0.717, 1.165) is 0 Å². The molecule has 0 heterocycles. The molecule has 0 saturated heterocycles. The van der Waals surface area contributed by atoms with Gasteiger partial charge in [-0.25, -0.2) is 0 Å². The Kier molecular flexibility index (Phi) is 34.5. The van der Waals surface area contributed by atoms with Gasteiger partial charge in [0, 0.05) is 0 Å². The van der Waals surface area contributed by atoms with Crippen molar-refractivity contribution in [2.24, 2.45) is 0 Å². The molecule has 0 aromatic carbocycles. The SMILES string of the molecule is C=CC.CCF. The second kappa shape index (κ2) is 22.6. The summed E-state index contributed by atoms with van der Waals surface area (Å²) in [7, 11) is 0. The molecule has 1 heteroatoms. The zero-order valence-corrected chi connectivity index (χ0v) is 4.37. The van der Waals surface area contributed by atoms with Gasteiger partial charge in [0.15, 0.2) is 0 Å². The van der Waals surface area contributed by atoms with Crippen molar-refractivity contribution in [2.45, 2.75) is 13.8 Å². The molecule has 0 N–H and O–H groups in total. The van der Waals surface area contributed by atoms with Crippen molar-refractivity contribution in [2.75, 3.05) is 6.67 Å². The lowest BCUT2D eigenvalue weighted by Gasteiger charge is -1.45. The molecule has 6 heavy (non-hydrogen) atoms. The van der Waals surface area contributed by atoms with Gasteiger partial charge in [-0.2, -0.15) is 0 Å². The highest BCUT2D eigenvalue weighted by Gasteiger charge is 1.39. The van der Waals surface area contributed by atoms with E-state index in [1.807, 2.05) is 6.92 Å². The average Bonchev–Trinajstić information content (AvgIpc) is 1.39. The number of alkyl halides is 1. The highest BCUT2D eigenvalue weighted by atomic mass is 19.1. The minimum absolute atomic E-state index is 0.250. The molecule has 0 rings (SSSR count). The molecule has 38 valence electrons. The van der Waals surface area contributed by atoms with Gasteiger partial charge in [-0.05, 0) is 13.8 Å². The maximum atomic E-state index is 10.3. The molecule has 0 radical (unpaired) electrons. The Hall–Kier alpha value is -0.330. The third-order valence-corrected chi connectivity index (χ3v) is 0. The Morgan fingerprint density at radius 3 is 1.83 bits per heavy atom. The van der Waals surface area contributed by atoms with E-state index in [2.05, 4.69) is 6.58 Å². The number of hydrogen-bond acceptors (Lipinski definition) is 0. The standard InChI is InChI=1S/C3H6.C2H5F/c1-3-2;1-2-3/h3H,1H2,2H3;2H2,1H3. The van der Waals surface area contributed by atoms with Crippen molar-refractivity contribution in [3.05, 3.63) is 12.7 Å².